The topological polar surface area (TPSA) is 88.2 Å². The Balaban J connectivity index is 1.97. The Labute approximate surface area is 177 Å². The van der Waals surface area contributed by atoms with Gasteiger partial charge in [-0.3, -0.25) is 13.9 Å². The highest BCUT2D eigenvalue weighted by molar-refractivity contribution is 8.00. The van der Waals surface area contributed by atoms with Gasteiger partial charge in [0.25, 0.3) is 5.56 Å². The molecular formula is C21H24N4O4S. The molecule has 2 heterocycles. The molecule has 1 fully saturated rings. The zero-order chi connectivity index (χ0) is 21.4. The summed E-state index contributed by atoms with van der Waals surface area (Å²) in [6.45, 7) is 0. The number of thioether (sulfide) groups is 1. The minimum absolute atomic E-state index is 0.336. The highest BCUT2D eigenvalue weighted by Crippen LogP contribution is 2.37. The van der Waals surface area contributed by atoms with Crippen LogP contribution < -0.4 is 20.7 Å². The number of benzene rings is 1. The average Bonchev–Trinajstić information content (AvgIpc) is 3.28. The first-order chi connectivity index (χ1) is 14.4. The van der Waals surface area contributed by atoms with Crippen LogP contribution >= 0.6 is 11.8 Å². The molecule has 1 aliphatic carbocycles. The standard InChI is InChI=1S/C21H24N4O4S/c1-24-18-16(20(26)25(2)21(24)27)19(30-13-7-5-6-8-13)23-17(22-18)12-9-10-14(28-3)15(11-12)29-4/h9-11,13H,5-8H2,1-4H3. The van der Waals surface area contributed by atoms with Gasteiger partial charge in [-0.25, -0.2) is 14.8 Å². The normalized spacial score (nSPS) is 14.4. The summed E-state index contributed by atoms with van der Waals surface area (Å²) in [4.78, 5) is 34.8. The van der Waals surface area contributed by atoms with E-state index >= 15 is 0 Å². The lowest BCUT2D eigenvalue weighted by Crippen LogP contribution is -2.37. The van der Waals surface area contributed by atoms with Gasteiger partial charge in [-0.1, -0.05) is 12.8 Å². The van der Waals surface area contributed by atoms with Gasteiger partial charge < -0.3 is 9.47 Å². The Hall–Kier alpha value is -2.81. The summed E-state index contributed by atoms with van der Waals surface area (Å²) in [6, 6.07) is 5.42. The fourth-order valence-corrected chi connectivity index (χ4v) is 5.10. The van der Waals surface area contributed by atoms with Crippen LogP contribution in [-0.2, 0) is 14.1 Å². The summed E-state index contributed by atoms with van der Waals surface area (Å²) in [5.74, 6) is 1.60. The van der Waals surface area contributed by atoms with E-state index in [0.29, 0.717) is 38.6 Å². The van der Waals surface area contributed by atoms with Crippen molar-refractivity contribution in [1.82, 2.24) is 19.1 Å². The predicted octanol–water partition coefficient (Wildman–Crippen LogP) is 2.75. The van der Waals surface area contributed by atoms with E-state index in [1.54, 1.807) is 45.2 Å². The second-order valence-corrected chi connectivity index (χ2v) is 8.64. The van der Waals surface area contributed by atoms with Crippen LogP contribution in [0.1, 0.15) is 25.7 Å². The van der Waals surface area contributed by atoms with E-state index in [1.807, 2.05) is 6.07 Å². The first-order valence-electron chi connectivity index (χ1n) is 9.81. The van der Waals surface area contributed by atoms with Crippen molar-refractivity contribution in [2.24, 2.45) is 14.1 Å². The van der Waals surface area contributed by atoms with Gasteiger partial charge in [-0.15, -0.1) is 11.8 Å². The molecule has 0 bridgehead atoms. The molecule has 0 saturated heterocycles. The molecule has 8 nitrogen and oxygen atoms in total. The van der Waals surface area contributed by atoms with Gasteiger partial charge in [-0.2, -0.15) is 0 Å². The van der Waals surface area contributed by atoms with Crippen LogP contribution in [0.2, 0.25) is 0 Å². The lowest BCUT2D eigenvalue weighted by Gasteiger charge is -2.15. The molecule has 0 N–H and O–H groups in total. The van der Waals surface area contributed by atoms with Crippen LogP contribution in [-0.4, -0.2) is 38.6 Å². The maximum atomic E-state index is 12.9. The molecule has 0 unspecified atom stereocenters. The maximum Gasteiger partial charge on any atom is 0.332 e. The summed E-state index contributed by atoms with van der Waals surface area (Å²) in [5, 5.41) is 1.41. The summed E-state index contributed by atoms with van der Waals surface area (Å²) in [6.07, 6.45) is 4.54. The number of aromatic nitrogens is 4. The lowest BCUT2D eigenvalue weighted by atomic mass is 10.2. The summed E-state index contributed by atoms with van der Waals surface area (Å²) in [5.41, 5.74) is 0.271. The molecule has 2 aromatic heterocycles. The fourth-order valence-electron chi connectivity index (χ4n) is 3.78. The SMILES string of the molecule is COc1ccc(-c2nc(SC3CCCC3)c3c(=O)n(C)c(=O)n(C)c3n2)cc1OC. The number of rotatable bonds is 5. The van der Waals surface area contributed by atoms with E-state index in [2.05, 4.69) is 4.98 Å². The van der Waals surface area contributed by atoms with Gasteiger partial charge in [0.15, 0.2) is 23.0 Å². The molecule has 0 spiro atoms. The third-order valence-electron chi connectivity index (χ3n) is 5.49. The minimum Gasteiger partial charge on any atom is -0.493 e. The Morgan fingerprint density at radius 3 is 2.37 bits per heavy atom. The maximum absolute atomic E-state index is 12.9. The number of ether oxygens (including phenoxy) is 2. The van der Waals surface area contributed by atoms with Gasteiger partial charge in [0.1, 0.15) is 10.4 Å². The van der Waals surface area contributed by atoms with E-state index in [0.717, 1.165) is 23.0 Å². The molecule has 1 aromatic carbocycles. The second kappa shape index (κ2) is 8.14. The third kappa shape index (κ3) is 3.47. The first-order valence-corrected chi connectivity index (χ1v) is 10.7. The highest BCUT2D eigenvalue weighted by Gasteiger charge is 2.23. The monoisotopic (exact) mass is 428 g/mol. The van der Waals surface area contributed by atoms with Crippen LogP contribution in [0.3, 0.4) is 0 Å². The van der Waals surface area contributed by atoms with Crippen molar-refractivity contribution < 1.29 is 9.47 Å². The molecular weight excluding hydrogens is 404 g/mol. The van der Waals surface area contributed by atoms with Crippen molar-refractivity contribution in [1.29, 1.82) is 0 Å². The van der Waals surface area contributed by atoms with Crippen LogP contribution in [0.4, 0.5) is 0 Å². The molecule has 0 aliphatic heterocycles. The number of aryl methyl sites for hydroxylation is 1. The van der Waals surface area contributed by atoms with Crippen molar-refractivity contribution in [3.8, 4) is 22.9 Å². The average molecular weight is 429 g/mol. The largest absolute Gasteiger partial charge is 0.493 e. The van der Waals surface area contributed by atoms with Crippen molar-refractivity contribution in [3.05, 3.63) is 39.0 Å². The Kier molecular flexibility index (Phi) is 5.55. The number of hydrogen-bond acceptors (Lipinski definition) is 7. The van der Waals surface area contributed by atoms with Crippen molar-refractivity contribution in [2.75, 3.05) is 14.2 Å². The molecule has 158 valence electrons. The van der Waals surface area contributed by atoms with Gasteiger partial charge in [0, 0.05) is 24.9 Å². The highest BCUT2D eigenvalue weighted by atomic mass is 32.2. The predicted molar refractivity (Wildman–Crippen MR) is 117 cm³/mol. The van der Waals surface area contributed by atoms with Gasteiger partial charge in [-0.05, 0) is 31.0 Å². The Morgan fingerprint density at radius 2 is 1.70 bits per heavy atom. The number of fused-ring (bicyclic) bond motifs is 1. The first kappa shape index (κ1) is 20.5. The molecule has 1 aliphatic rings. The molecule has 9 heteroatoms. The molecule has 0 atom stereocenters. The third-order valence-corrected chi connectivity index (χ3v) is 6.81. The minimum atomic E-state index is -0.415. The Morgan fingerprint density at radius 1 is 1.00 bits per heavy atom. The van der Waals surface area contributed by atoms with Gasteiger partial charge in [0.2, 0.25) is 0 Å². The van der Waals surface area contributed by atoms with Crippen LogP contribution in [0, 0.1) is 0 Å². The van der Waals surface area contributed by atoms with Crippen LogP contribution in [0.25, 0.3) is 22.4 Å². The smallest absolute Gasteiger partial charge is 0.332 e. The van der Waals surface area contributed by atoms with Crippen molar-refractivity contribution in [3.63, 3.8) is 0 Å². The number of methoxy groups -OCH3 is 2. The molecule has 30 heavy (non-hydrogen) atoms. The Bertz CT molecular complexity index is 1230. The number of hydrogen-bond donors (Lipinski definition) is 0. The zero-order valence-corrected chi connectivity index (χ0v) is 18.3. The van der Waals surface area contributed by atoms with Gasteiger partial charge >= 0.3 is 5.69 Å². The van der Waals surface area contributed by atoms with E-state index in [4.69, 9.17) is 14.5 Å². The van der Waals surface area contributed by atoms with E-state index in [1.165, 1.54) is 24.5 Å². The fraction of sp³-hybridized carbons (Fsp3) is 0.429. The van der Waals surface area contributed by atoms with Gasteiger partial charge in [0.05, 0.1) is 14.2 Å². The quantitative estimate of drug-likeness (QED) is 0.577. The summed E-state index contributed by atoms with van der Waals surface area (Å²) < 4.78 is 13.2. The molecule has 4 rings (SSSR count). The van der Waals surface area contributed by atoms with E-state index in [-0.39, 0.29) is 5.56 Å². The lowest BCUT2D eigenvalue weighted by molar-refractivity contribution is 0.355. The summed E-state index contributed by atoms with van der Waals surface area (Å²) in [7, 11) is 6.25. The van der Waals surface area contributed by atoms with Crippen LogP contribution in [0.5, 0.6) is 11.5 Å². The molecule has 1 saturated carbocycles. The molecule has 0 amide bonds. The second-order valence-electron chi connectivity index (χ2n) is 7.35. The zero-order valence-electron chi connectivity index (χ0n) is 17.5. The summed E-state index contributed by atoms with van der Waals surface area (Å²) >= 11 is 1.61. The number of nitrogens with zero attached hydrogens (tertiary/aromatic N) is 4. The molecule has 0 radical (unpaired) electrons. The molecule has 3 aromatic rings. The van der Waals surface area contributed by atoms with Crippen LogP contribution in [0.15, 0.2) is 32.8 Å². The van der Waals surface area contributed by atoms with Crippen molar-refractivity contribution >= 4 is 22.8 Å². The van der Waals surface area contributed by atoms with Crippen molar-refractivity contribution in [2.45, 2.75) is 36.0 Å². The van der Waals surface area contributed by atoms with E-state index < -0.39 is 5.69 Å². The van der Waals surface area contributed by atoms with E-state index in [9.17, 15) is 9.59 Å².